The van der Waals surface area contributed by atoms with Gasteiger partial charge in [-0.15, -0.1) is 11.3 Å². The van der Waals surface area contributed by atoms with E-state index in [1.807, 2.05) is 0 Å². The van der Waals surface area contributed by atoms with Crippen molar-refractivity contribution < 1.29 is 5.11 Å². The summed E-state index contributed by atoms with van der Waals surface area (Å²) in [5.41, 5.74) is 1.16. The highest BCUT2D eigenvalue weighted by atomic mass is 32.1. The Labute approximate surface area is 94.8 Å². The fourth-order valence-corrected chi connectivity index (χ4v) is 2.83. The average molecular weight is 226 g/mol. The molecule has 0 saturated carbocycles. The van der Waals surface area contributed by atoms with Crippen molar-refractivity contribution in [3.63, 3.8) is 0 Å². The third kappa shape index (κ3) is 3.00. The van der Waals surface area contributed by atoms with Crippen LogP contribution in [0.5, 0.6) is 0 Å². The maximum Gasteiger partial charge on any atom is 0.0928 e. The van der Waals surface area contributed by atoms with Gasteiger partial charge < -0.3 is 5.11 Å². The maximum absolute atomic E-state index is 9.41. The highest BCUT2D eigenvalue weighted by Gasteiger charge is 2.20. The van der Waals surface area contributed by atoms with Crippen molar-refractivity contribution in [2.45, 2.75) is 38.8 Å². The molecule has 2 rings (SSSR count). The van der Waals surface area contributed by atoms with Gasteiger partial charge in [0.2, 0.25) is 0 Å². The topological polar surface area (TPSA) is 36.4 Å². The van der Waals surface area contributed by atoms with Crippen LogP contribution in [0, 0.1) is 0 Å². The molecule has 0 aliphatic carbocycles. The number of hydrogen-bond donors (Lipinski definition) is 1. The molecule has 3 nitrogen and oxygen atoms in total. The molecule has 0 spiro atoms. The van der Waals surface area contributed by atoms with E-state index >= 15 is 0 Å². The Bertz CT molecular complexity index is 313. The van der Waals surface area contributed by atoms with Crippen molar-refractivity contribution >= 4 is 11.3 Å². The lowest BCUT2D eigenvalue weighted by Gasteiger charge is -2.12. The normalized spacial score (nSPS) is 22.4. The van der Waals surface area contributed by atoms with E-state index in [9.17, 15) is 5.11 Å². The number of aliphatic hydroxyl groups excluding tert-OH is 1. The molecule has 1 aliphatic heterocycles. The van der Waals surface area contributed by atoms with Crippen molar-refractivity contribution in [3.05, 3.63) is 16.1 Å². The molecule has 1 N–H and O–H groups in total. The molecule has 0 bridgehead atoms. The third-order valence-corrected chi connectivity index (χ3v) is 3.65. The fraction of sp³-hybridized carbons (Fsp3) is 0.727. The number of β-amino-alcohol motifs (C(OH)–C–C–N with tert-alkyl or cyclic N) is 1. The molecule has 1 fully saturated rings. The van der Waals surface area contributed by atoms with Gasteiger partial charge in [-0.3, -0.25) is 4.90 Å². The van der Waals surface area contributed by atoms with Crippen molar-refractivity contribution in [2.75, 3.05) is 13.1 Å². The van der Waals surface area contributed by atoms with Crippen LogP contribution in [0.25, 0.3) is 0 Å². The molecule has 0 aromatic carbocycles. The second-order valence-corrected chi connectivity index (χ2v) is 5.10. The summed E-state index contributed by atoms with van der Waals surface area (Å²) in [5, 5.41) is 12.8. The van der Waals surface area contributed by atoms with E-state index in [1.54, 1.807) is 11.3 Å². The van der Waals surface area contributed by atoms with Gasteiger partial charge in [-0.2, -0.15) is 0 Å². The molecular formula is C11H18N2OS. The van der Waals surface area contributed by atoms with Gasteiger partial charge >= 0.3 is 0 Å². The van der Waals surface area contributed by atoms with Crippen LogP contribution >= 0.6 is 11.3 Å². The van der Waals surface area contributed by atoms with E-state index in [4.69, 9.17) is 0 Å². The van der Waals surface area contributed by atoms with E-state index in [1.165, 1.54) is 5.01 Å². The first kappa shape index (κ1) is 11.0. The van der Waals surface area contributed by atoms with Gasteiger partial charge in [0, 0.05) is 25.0 Å². The number of aryl methyl sites for hydroxylation is 1. The minimum absolute atomic E-state index is 0.126. The lowest BCUT2D eigenvalue weighted by atomic mass is 10.3. The first-order chi connectivity index (χ1) is 7.28. The molecule has 15 heavy (non-hydrogen) atoms. The lowest BCUT2D eigenvalue weighted by molar-refractivity contribution is 0.174. The number of likely N-dealkylation sites (tertiary alicyclic amines) is 1. The van der Waals surface area contributed by atoms with Gasteiger partial charge in [-0.1, -0.05) is 6.92 Å². The Hall–Kier alpha value is -0.450. The predicted octanol–water partition coefficient (Wildman–Crippen LogP) is 1.66. The van der Waals surface area contributed by atoms with Crippen molar-refractivity contribution in [1.82, 2.24) is 9.88 Å². The van der Waals surface area contributed by atoms with Crippen molar-refractivity contribution in [1.29, 1.82) is 0 Å². The average Bonchev–Trinajstić information content (AvgIpc) is 2.78. The molecule has 0 amide bonds. The number of rotatable bonds is 4. The van der Waals surface area contributed by atoms with Gasteiger partial charge in [-0.25, -0.2) is 4.98 Å². The highest BCUT2D eigenvalue weighted by Crippen LogP contribution is 2.16. The number of hydrogen-bond acceptors (Lipinski definition) is 4. The molecule has 2 heterocycles. The summed E-state index contributed by atoms with van der Waals surface area (Å²) in [7, 11) is 0. The third-order valence-electron chi connectivity index (χ3n) is 2.70. The molecule has 1 aromatic rings. The summed E-state index contributed by atoms with van der Waals surface area (Å²) >= 11 is 1.76. The molecule has 1 saturated heterocycles. The second kappa shape index (κ2) is 5.05. The van der Waals surface area contributed by atoms with Gasteiger partial charge in [0.05, 0.1) is 16.8 Å². The van der Waals surface area contributed by atoms with E-state index in [0.29, 0.717) is 0 Å². The molecule has 4 heteroatoms. The molecule has 0 radical (unpaired) electrons. The first-order valence-electron chi connectivity index (χ1n) is 5.61. The molecule has 1 atom stereocenters. The van der Waals surface area contributed by atoms with Gasteiger partial charge in [0.1, 0.15) is 0 Å². The first-order valence-corrected chi connectivity index (χ1v) is 6.49. The van der Waals surface area contributed by atoms with E-state index in [2.05, 4.69) is 22.2 Å². The van der Waals surface area contributed by atoms with Crippen LogP contribution < -0.4 is 0 Å². The van der Waals surface area contributed by atoms with Crippen molar-refractivity contribution in [3.8, 4) is 0 Å². The van der Waals surface area contributed by atoms with Crippen LogP contribution in [0.2, 0.25) is 0 Å². The van der Waals surface area contributed by atoms with Crippen LogP contribution in [-0.4, -0.2) is 34.2 Å². The quantitative estimate of drug-likeness (QED) is 0.848. The molecule has 84 valence electrons. The molecule has 1 aromatic heterocycles. The van der Waals surface area contributed by atoms with E-state index in [0.717, 1.165) is 44.6 Å². The predicted molar refractivity (Wildman–Crippen MR) is 62.0 cm³/mol. The summed E-state index contributed by atoms with van der Waals surface area (Å²) in [6.07, 6.45) is 3.04. The monoisotopic (exact) mass is 226 g/mol. The van der Waals surface area contributed by atoms with E-state index < -0.39 is 0 Å². The van der Waals surface area contributed by atoms with Crippen LogP contribution in [-0.2, 0) is 13.0 Å². The van der Waals surface area contributed by atoms with Gasteiger partial charge in [-0.05, 0) is 19.3 Å². The molecule has 1 aliphatic rings. The zero-order valence-electron chi connectivity index (χ0n) is 9.15. The zero-order valence-corrected chi connectivity index (χ0v) is 9.96. The Morgan fingerprint density at radius 1 is 1.67 bits per heavy atom. The Kier molecular flexibility index (Phi) is 3.72. The number of aliphatic hydroxyl groups is 1. The largest absolute Gasteiger partial charge is 0.392 e. The van der Waals surface area contributed by atoms with Crippen LogP contribution in [0.1, 0.15) is 30.5 Å². The second-order valence-electron chi connectivity index (χ2n) is 4.16. The minimum atomic E-state index is -0.126. The Morgan fingerprint density at radius 3 is 3.20 bits per heavy atom. The summed E-state index contributed by atoms with van der Waals surface area (Å²) in [6, 6.07) is 0. The Balaban J connectivity index is 1.87. The Morgan fingerprint density at radius 2 is 2.53 bits per heavy atom. The summed E-state index contributed by atoms with van der Waals surface area (Å²) in [4.78, 5) is 6.86. The summed E-state index contributed by atoms with van der Waals surface area (Å²) in [5.74, 6) is 0. The molecular weight excluding hydrogens is 208 g/mol. The molecule has 0 unspecified atom stereocenters. The van der Waals surface area contributed by atoms with Crippen LogP contribution in [0.15, 0.2) is 5.38 Å². The highest BCUT2D eigenvalue weighted by molar-refractivity contribution is 7.09. The smallest absolute Gasteiger partial charge is 0.0928 e. The number of aromatic nitrogens is 1. The standard InChI is InChI=1S/C11H18N2OS/c1-2-3-11-12-9(8-15-11)6-13-5-4-10(14)7-13/h8,10,14H,2-7H2,1H3/t10-/m0/s1. The maximum atomic E-state index is 9.41. The number of nitrogens with zero attached hydrogens (tertiary/aromatic N) is 2. The SMILES string of the molecule is CCCc1nc(CN2CC[C@H](O)C2)cs1. The van der Waals surface area contributed by atoms with E-state index in [-0.39, 0.29) is 6.10 Å². The fourth-order valence-electron chi connectivity index (χ4n) is 1.94. The van der Waals surface area contributed by atoms with Crippen LogP contribution in [0.4, 0.5) is 0 Å². The van der Waals surface area contributed by atoms with Gasteiger partial charge in [0.15, 0.2) is 0 Å². The minimum Gasteiger partial charge on any atom is -0.392 e. The zero-order chi connectivity index (χ0) is 10.7. The van der Waals surface area contributed by atoms with Crippen molar-refractivity contribution in [2.24, 2.45) is 0 Å². The van der Waals surface area contributed by atoms with Gasteiger partial charge in [0.25, 0.3) is 0 Å². The number of thiazole rings is 1. The summed E-state index contributed by atoms with van der Waals surface area (Å²) < 4.78 is 0. The summed E-state index contributed by atoms with van der Waals surface area (Å²) in [6.45, 7) is 4.89. The lowest BCUT2D eigenvalue weighted by Crippen LogP contribution is -2.21. The van der Waals surface area contributed by atoms with Crippen LogP contribution in [0.3, 0.4) is 0 Å².